The number of rotatable bonds is 4. The van der Waals surface area contributed by atoms with Gasteiger partial charge in [-0.2, -0.15) is 0 Å². The Balaban J connectivity index is 2.03. The number of aryl methyl sites for hydroxylation is 2. The highest BCUT2D eigenvalue weighted by Crippen LogP contribution is 2.30. The summed E-state index contributed by atoms with van der Waals surface area (Å²) in [5.41, 5.74) is 9.53. The van der Waals surface area contributed by atoms with E-state index in [0.717, 1.165) is 29.4 Å². The van der Waals surface area contributed by atoms with Gasteiger partial charge in [0, 0.05) is 24.3 Å². The fraction of sp³-hybridized carbons (Fsp3) is 0.625. The van der Waals surface area contributed by atoms with E-state index in [-0.39, 0.29) is 0 Å². The summed E-state index contributed by atoms with van der Waals surface area (Å²) in [6.07, 6.45) is 2.67. The van der Waals surface area contributed by atoms with E-state index in [1.807, 2.05) is 6.92 Å². The van der Waals surface area contributed by atoms with Gasteiger partial charge in [-0.1, -0.05) is 0 Å². The van der Waals surface area contributed by atoms with E-state index in [4.69, 9.17) is 5.73 Å². The molecule has 0 spiro atoms. The third kappa shape index (κ3) is 2.39. The molecule has 1 atom stereocenters. The zero-order valence-corrected chi connectivity index (χ0v) is 13.6. The molecule has 1 fully saturated rings. The molecule has 0 saturated heterocycles. The number of aromatic nitrogens is 3. The number of fused-ring (bicyclic) bond motifs is 1. The van der Waals surface area contributed by atoms with Gasteiger partial charge in [-0.15, -0.1) is 0 Å². The van der Waals surface area contributed by atoms with Crippen LogP contribution in [0.5, 0.6) is 0 Å². The van der Waals surface area contributed by atoms with Crippen LogP contribution in [0.15, 0.2) is 0 Å². The minimum atomic E-state index is 0.489. The van der Waals surface area contributed by atoms with Crippen molar-refractivity contribution in [1.82, 2.24) is 19.4 Å². The number of nitrogens with two attached hydrogens (primary N) is 1. The van der Waals surface area contributed by atoms with E-state index < -0.39 is 0 Å². The average molecular weight is 287 g/mol. The maximum atomic E-state index is 6.11. The zero-order chi connectivity index (χ0) is 15.3. The van der Waals surface area contributed by atoms with E-state index in [1.165, 1.54) is 24.1 Å². The van der Waals surface area contributed by atoms with Crippen LogP contribution in [0.3, 0.4) is 0 Å². The fourth-order valence-corrected chi connectivity index (χ4v) is 3.13. The van der Waals surface area contributed by atoms with Crippen molar-refractivity contribution in [2.24, 2.45) is 0 Å². The van der Waals surface area contributed by atoms with Crippen LogP contribution in [0.1, 0.15) is 36.8 Å². The Morgan fingerprint density at radius 2 is 1.95 bits per heavy atom. The van der Waals surface area contributed by atoms with Crippen molar-refractivity contribution < 1.29 is 0 Å². The number of nitrogens with zero attached hydrogens (tertiary/aromatic N) is 4. The normalized spacial score (nSPS) is 16.9. The summed E-state index contributed by atoms with van der Waals surface area (Å²) in [7, 11) is 2.23. The molecule has 5 heteroatoms. The third-order valence-electron chi connectivity index (χ3n) is 4.87. The quantitative estimate of drug-likeness (QED) is 0.938. The number of anilines is 1. The van der Waals surface area contributed by atoms with Gasteiger partial charge >= 0.3 is 0 Å². The minimum absolute atomic E-state index is 0.489. The Labute approximate surface area is 126 Å². The lowest BCUT2D eigenvalue weighted by Gasteiger charge is -2.25. The van der Waals surface area contributed by atoms with Gasteiger partial charge in [0.15, 0.2) is 0 Å². The molecule has 1 aliphatic rings. The summed E-state index contributed by atoms with van der Waals surface area (Å²) >= 11 is 0. The second-order valence-electron chi connectivity index (χ2n) is 6.42. The molecule has 0 radical (unpaired) electrons. The molecule has 114 valence electrons. The predicted molar refractivity (Wildman–Crippen MR) is 86.4 cm³/mol. The van der Waals surface area contributed by atoms with Crippen LogP contribution in [-0.4, -0.2) is 38.6 Å². The van der Waals surface area contributed by atoms with Gasteiger partial charge in [0.1, 0.15) is 17.3 Å². The van der Waals surface area contributed by atoms with Crippen LogP contribution in [0.4, 0.5) is 5.82 Å². The topological polar surface area (TPSA) is 60.0 Å². The lowest BCUT2D eigenvalue weighted by atomic mass is 10.2. The van der Waals surface area contributed by atoms with Crippen molar-refractivity contribution >= 4 is 16.9 Å². The number of hydrogen-bond acceptors (Lipinski definition) is 4. The Bertz CT molecular complexity index is 684. The fourth-order valence-electron chi connectivity index (χ4n) is 3.13. The highest BCUT2D eigenvalue weighted by atomic mass is 15.2. The molecule has 0 amide bonds. The van der Waals surface area contributed by atoms with Gasteiger partial charge in [-0.25, -0.2) is 9.97 Å². The van der Waals surface area contributed by atoms with Gasteiger partial charge in [-0.05, 0) is 53.1 Å². The average Bonchev–Trinajstić information content (AvgIpc) is 3.22. The highest BCUT2D eigenvalue weighted by molar-refractivity contribution is 5.91. The largest absolute Gasteiger partial charge is 0.383 e. The molecule has 2 heterocycles. The Morgan fingerprint density at radius 3 is 2.57 bits per heavy atom. The summed E-state index contributed by atoms with van der Waals surface area (Å²) in [6.45, 7) is 9.39. The number of likely N-dealkylation sites (N-methyl/N-ethyl adjacent to an activating group) is 1. The summed E-state index contributed by atoms with van der Waals surface area (Å²) in [4.78, 5) is 11.4. The monoisotopic (exact) mass is 287 g/mol. The molecule has 2 aromatic heterocycles. The van der Waals surface area contributed by atoms with Crippen molar-refractivity contribution in [2.75, 3.05) is 12.8 Å². The van der Waals surface area contributed by atoms with Crippen molar-refractivity contribution in [3.8, 4) is 0 Å². The van der Waals surface area contributed by atoms with Gasteiger partial charge in [0.2, 0.25) is 0 Å². The lowest BCUT2D eigenvalue weighted by Crippen LogP contribution is -2.34. The molecular formula is C16H25N5. The minimum Gasteiger partial charge on any atom is -0.383 e. The van der Waals surface area contributed by atoms with E-state index >= 15 is 0 Å². The first-order valence-corrected chi connectivity index (χ1v) is 7.71. The maximum Gasteiger partial charge on any atom is 0.146 e. The van der Waals surface area contributed by atoms with Crippen LogP contribution in [0.25, 0.3) is 11.0 Å². The van der Waals surface area contributed by atoms with Crippen molar-refractivity contribution in [3.63, 3.8) is 0 Å². The standard InChI is InChI=1S/C16H25N5/c1-9(20(5)13-6-7-13)8-21-11(3)10(2)14-15(17)18-12(4)19-16(14)21/h9,13H,6-8H2,1-5H3,(H2,17,18,19). The summed E-state index contributed by atoms with van der Waals surface area (Å²) < 4.78 is 2.30. The van der Waals surface area contributed by atoms with E-state index in [1.54, 1.807) is 0 Å². The van der Waals surface area contributed by atoms with Gasteiger partial charge in [0.25, 0.3) is 0 Å². The molecular weight excluding hydrogens is 262 g/mol. The molecule has 0 aliphatic heterocycles. The lowest BCUT2D eigenvalue weighted by molar-refractivity contribution is 0.226. The SMILES string of the molecule is Cc1nc(N)c2c(C)c(C)n(CC(C)N(C)C3CC3)c2n1. The molecule has 21 heavy (non-hydrogen) atoms. The van der Waals surface area contributed by atoms with Gasteiger partial charge in [-0.3, -0.25) is 4.90 Å². The smallest absolute Gasteiger partial charge is 0.146 e. The maximum absolute atomic E-state index is 6.11. The van der Waals surface area contributed by atoms with Crippen LogP contribution in [0.2, 0.25) is 0 Å². The van der Waals surface area contributed by atoms with Crippen molar-refractivity contribution in [1.29, 1.82) is 0 Å². The van der Waals surface area contributed by atoms with Gasteiger partial charge < -0.3 is 10.3 Å². The second-order valence-corrected chi connectivity index (χ2v) is 6.42. The number of nitrogen functional groups attached to an aromatic ring is 1. The Kier molecular flexibility index (Phi) is 3.40. The van der Waals surface area contributed by atoms with E-state index in [0.29, 0.717) is 11.9 Å². The van der Waals surface area contributed by atoms with Crippen LogP contribution in [0, 0.1) is 20.8 Å². The molecule has 1 unspecified atom stereocenters. The predicted octanol–water partition coefficient (Wildman–Crippen LogP) is 2.42. The molecule has 2 aromatic rings. The van der Waals surface area contributed by atoms with E-state index in [9.17, 15) is 0 Å². The van der Waals surface area contributed by atoms with E-state index in [2.05, 4.69) is 47.3 Å². The summed E-state index contributed by atoms with van der Waals surface area (Å²) in [6, 6.07) is 1.26. The van der Waals surface area contributed by atoms with Crippen molar-refractivity contribution in [3.05, 3.63) is 17.1 Å². The zero-order valence-electron chi connectivity index (χ0n) is 13.6. The third-order valence-corrected chi connectivity index (χ3v) is 4.87. The second kappa shape index (κ2) is 4.98. The van der Waals surface area contributed by atoms with Crippen molar-refractivity contribution in [2.45, 2.75) is 59.2 Å². The molecule has 5 nitrogen and oxygen atoms in total. The summed E-state index contributed by atoms with van der Waals surface area (Å²) in [5, 5.41) is 1.01. The molecule has 0 bridgehead atoms. The molecule has 3 rings (SSSR count). The summed E-state index contributed by atoms with van der Waals surface area (Å²) in [5.74, 6) is 1.34. The first-order chi connectivity index (χ1) is 9.90. The molecule has 1 saturated carbocycles. The highest BCUT2D eigenvalue weighted by Gasteiger charge is 2.30. The molecule has 2 N–H and O–H groups in total. The van der Waals surface area contributed by atoms with Crippen LogP contribution >= 0.6 is 0 Å². The molecule has 1 aliphatic carbocycles. The number of hydrogen-bond donors (Lipinski definition) is 1. The van der Waals surface area contributed by atoms with Gasteiger partial charge in [0.05, 0.1) is 5.39 Å². The first-order valence-electron chi connectivity index (χ1n) is 7.71. The Morgan fingerprint density at radius 1 is 1.29 bits per heavy atom. The van der Waals surface area contributed by atoms with Crippen LogP contribution < -0.4 is 5.73 Å². The molecule has 0 aromatic carbocycles. The van der Waals surface area contributed by atoms with Crippen LogP contribution in [-0.2, 0) is 6.54 Å². The first kappa shape index (κ1) is 14.3. The Hall–Kier alpha value is -1.62.